The van der Waals surface area contributed by atoms with E-state index < -0.39 is 10.0 Å². The molecule has 2 aromatic carbocycles. The molecule has 0 unspecified atom stereocenters. The molecule has 1 aliphatic carbocycles. The quantitative estimate of drug-likeness (QED) is 0.849. The summed E-state index contributed by atoms with van der Waals surface area (Å²) in [6.07, 6.45) is 2.84. The van der Waals surface area contributed by atoms with Crippen LogP contribution in [0.15, 0.2) is 59.5 Å². The smallest absolute Gasteiger partial charge is 0.238 e. The normalized spacial score (nSPS) is 13.9. The highest BCUT2D eigenvalue weighted by Crippen LogP contribution is 2.23. The van der Waals surface area contributed by atoms with E-state index >= 15 is 0 Å². The molecule has 0 atom stereocenters. The Morgan fingerprint density at radius 2 is 1.64 bits per heavy atom. The van der Waals surface area contributed by atoms with Crippen molar-refractivity contribution >= 4 is 15.7 Å². The first-order valence-electron chi connectivity index (χ1n) is 7.02. The van der Waals surface area contributed by atoms with Crippen molar-refractivity contribution in [2.24, 2.45) is 5.14 Å². The zero-order valence-electron chi connectivity index (χ0n) is 12.4. The number of rotatable bonds is 4. The van der Waals surface area contributed by atoms with E-state index in [2.05, 4.69) is 5.48 Å². The van der Waals surface area contributed by atoms with E-state index in [-0.39, 0.29) is 4.90 Å². The van der Waals surface area contributed by atoms with Crippen LogP contribution in [0.4, 0.5) is 5.69 Å². The second-order valence-corrected chi connectivity index (χ2v) is 6.63. The molecule has 118 valence electrons. The predicted octanol–water partition coefficient (Wildman–Crippen LogP) is 2.83. The minimum absolute atomic E-state index is 0.194. The zero-order valence-corrected chi connectivity index (χ0v) is 13.2. The molecule has 3 N–H and O–H groups in total. The Morgan fingerprint density at radius 3 is 2.14 bits per heavy atom. The van der Waals surface area contributed by atoms with Crippen LogP contribution in [0.3, 0.4) is 0 Å². The molecule has 3 rings (SSSR count). The third-order valence-electron chi connectivity index (χ3n) is 3.04. The lowest BCUT2D eigenvalue weighted by Crippen LogP contribution is -2.13. The number of para-hydroxylation sites is 1. The van der Waals surface area contributed by atoms with Gasteiger partial charge in [0.15, 0.2) is 0 Å². The molecule has 0 aromatic heterocycles. The van der Waals surface area contributed by atoms with E-state index in [1.54, 1.807) is 25.1 Å². The van der Waals surface area contributed by atoms with E-state index in [4.69, 9.17) is 9.98 Å². The van der Waals surface area contributed by atoms with Crippen molar-refractivity contribution < 1.29 is 13.3 Å². The Kier molecular flexibility index (Phi) is 5.54. The van der Waals surface area contributed by atoms with Crippen molar-refractivity contribution in [2.75, 3.05) is 5.48 Å². The molecule has 1 fully saturated rings. The lowest BCUT2D eigenvalue weighted by atomic mass is 10.2. The third-order valence-corrected chi connectivity index (χ3v) is 4.11. The van der Waals surface area contributed by atoms with Crippen LogP contribution in [0.5, 0.6) is 0 Å². The molecule has 1 saturated carbocycles. The Balaban J connectivity index is 0.000000160. The molecule has 0 heterocycles. The van der Waals surface area contributed by atoms with Crippen molar-refractivity contribution in [3.63, 3.8) is 0 Å². The number of hydrogen-bond donors (Lipinski definition) is 2. The van der Waals surface area contributed by atoms with Crippen molar-refractivity contribution in [2.45, 2.75) is 30.8 Å². The van der Waals surface area contributed by atoms with E-state index in [9.17, 15) is 8.42 Å². The van der Waals surface area contributed by atoms with Gasteiger partial charge in [-0.2, -0.15) is 0 Å². The molecule has 1 aliphatic rings. The molecule has 0 aliphatic heterocycles. The highest BCUT2D eigenvalue weighted by Gasteiger charge is 2.22. The summed E-state index contributed by atoms with van der Waals surface area (Å²) >= 11 is 0. The van der Waals surface area contributed by atoms with Gasteiger partial charge in [0.1, 0.15) is 0 Å². The molecular formula is C16H20N2O3S. The number of anilines is 1. The van der Waals surface area contributed by atoms with Crippen LogP contribution in [-0.4, -0.2) is 14.5 Å². The number of aryl methyl sites for hydroxylation is 1. The fourth-order valence-corrected chi connectivity index (χ4v) is 2.50. The van der Waals surface area contributed by atoms with Crippen LogP contribution in [0.1, 0.15) is 18.4 Å². The monoisotopic (exact) mass is 320 g/mol. The molecular weight excluding hydrogens is 300 g/mol. The van der Waals surface area contributed by atoms with E-state index in [1.807, 2.05) is 30.3 Å². The first-order valence-corrected chi connectivity index (χ1v) is 8.56. The second kappa shape index (κ2) is 7.40. The first-order chi connectivity index (χ1) is 10.5. The van der Waals surface area contributed by atoms with Crippen LogP contribution in [0.2, 0.25) is 0 Å². The van der Waals surface area contributed by atoms with Crippen molar-refractivity contribution in [3.8, 4) is 0 Å². The van der Waals surface area contributed by atoms with Crippen molar-refractivity contribution in [3.05, 3.63) is 60.2 Å². The number of hydrogen-bond acceptors (Lipinski definition) is 4. The molecule has 0 spiro atoms. The summed E-state index contributed by atoms with van der Waals surface area (Å²) in [6, 6.07) is 16.5. The Morgan fingerprint density at radius 1 is 1.05 bits per heavy atom. The van der Waals surface area contributed by atoms with Gasteiger partial charge in [0.2, 0.25) is 10.0 Å². The Labute approximate surface area is 131 Å². The average molecular weight is 320 g/mol. The van der Waals surface area contributed by atoms with Crippen molar-refractivity contribution in [1.29, 1.82) is 0 Å². The van der Waals surface area contributed by atoms with E-state index in [0.717, 1.165) is 5.69 Å². The zero-order chi connectivity index (χ0) is 16.0. The van der Waals surface area contributed by atoms with Crippen LogP contribution in [0.25, 0.3) is 0 Å². The molecule has 5 nitrogen and oxygen atoms in total. The topological polar surface area (TPSA) is 81.4 Å². The minimum atomic E-state index is -3.53. The van der Waals surface area contributed by atoms with Gasteiger partial charge in [-0.25, -0.2) is 13.6 Å². The fraction of sp³-hybridized carbons (Fsp3) is 0.250. The molecule has 0 radical (unpaired) electrons. The lowest BCUT2D eigenvalue weighted by Gasteiger charge is -2.03. The summed E-state index contributed by atoms with van der Waals surface area (Å²) in [4.78, 5) is 5.48. The lowest BCUT2D eigenvalue weighted by molar-refractivity contribution is 0.178. The molecule has 2 aromatic rings. The van der Waals surface area contributed by atoms with Gasteiger partial charge >= 0.3 is 0 Å². The summed E-state index contributed by atoms with van der Waals surface area (Å²) in [5.41, 5.74) is 4.61. The first kappa shape index (κ1) is 16.5. The number of sulfonamides is 1. The van der Waals surface area contributed by atoms with Crippen LogP contribution >= 0.6 is 0 Å². The van der Waals surface area contributed by atoms with Crippen LogP contribution in [-0.2, 0) is 14.9 Å². The van der Waals surface area contributed by atoms with Gasteiger partial charge in [0.25, 0.3) is 0 Å². The van der Waals surface area contributed by atoms with Crippen LogP contribution in [0, 0.1) is 6.92 Å². The van der Waals surface area contributed by atoms with Gasteiger partial charge in [-0.1, -0.05) is 36.4 Å². The highest BCUT2D eigenvalue weighted by atomic mass is 32.2. The van der Waals surface area contributed by atoms with Gasteiger partial charge < -0.3 is 0 Å². The van der Waals surface area contributed by atoms with Gasteiger partial charge in [0, 0.05) is 0 Å². The number of nitrogens with two attached hydrogens (primary N) is 1. The number of nitrogens with one attached hydrogen (secondary N) is 1. The van der Waals surface area contributed by atoms with E-state index in [0.29, 0.717) is 11.7 Å². The summed E-state index contributed by atoms with van der Waals surface area (Å²) in [7, 11) is -3.53. The molecule has 6 heteroatoms. The second-order valence-electron chi connectivity index (χ2n) is 5.10. The Bertz CT molecular complexity index is 698. The summed E-state index contributed by atoms with van der Waals surface area (Å²) < 4.78 is 21.7. The average Bonchev–Trinajstić information content (AvgIpc) is 3.30. The maximum Gasteiger partial charge on any atom is 0.238 e. The minimum Gasteiger partial charge on any atom is -0.273 e. The molecule has 0 saturated heterocycles. The Hall–Kier alpha value is -1.89. The highest BCUT2D eigenvalue weighted by molar-refractivity contribution is 7.89. The van der Waals surface area contributed by atoms with Gasteiger partial charge in [-0.05, 0) is 43.5 Å². The molecule has 0 amide bonds. The number of benzene rings is 2. The maximum absolute atomic E-state index is 10.8. The van der Waals surface area contributed by atoms with Crippen LogP contribution < -0.4 is 10.6 Å². The van der Waals surface area contributed by atoms with Gasteiger partial charge in [-0.3, -0.25) is 10.3 Å². The third kappa shape index (κ3) is 5.48. The van der Waals surface area contributed by atoms with Gasteiger partial charge in [-0.15, -0.1) is 0 Å². The molecule has 22 heavy (non-hydrogen) atoms. The molecule has 0 bridgehead atoms. The fourth-order valence-electron chi connectivity index (χ4n) is 1.72. The maximum atomic E-state index is 10.8. The SMILES string of the molecule is Cc1ccccc1S(N)(=O)=O.c1ccc(NOC2CC2)cc1. The van der Waals surface area contributed by atoms with E-state index in [1.165, 1.54) is 18.9 Å². The summed E-state index contributed by atoms with van der Waals surface area (Å²) in [6.45, 7) is 1.71. The largest absolute Gasteiger partial charge is 0.273 e. The van der Waals surface area contributed by atoms with Gasteiger partial charge in [0.05, 0.1) is 16.7 Å². The standard InChI is InChI=1S/C9H11NO.C7H9NO2S/c1-2-4-8(5-3-1)10-11-9-6-7-9;1-6-4-2-3-5-7(6)11(8,9)10/h1-5,9-10H,6-7H2;2-5H,1H3,(H2,8,9,10). The summed E-state index contributed by atoms with van der Waals surface area (Å²) in [5.74, 6) is 0. The summed E-state index contributed by atoms with van der Waals surface area (Å²) in [5, 5.41) is 4.93. The number of primary sulfonamides is 1. The predicted molar refractivity (Wildman–Crippen MR) is 86.7 cm³/mol. The van der Waals surface area contributed by atoms with Crippen molar-refractivity contribution in [1.82, 2.24) is 0 Å².